The summed E-state index contributed by atoms with van der Waals surface area (Å²) in [4.78, 5) is 4.47. The summed E-state index contributed by atoms with van der Waals surface area (Å²) in [5, 5.41) is 9.05. The maximum absolute atomic E-state index is 6.34. The van der Waals surface area contributed by atoms with Crippen molar-refractivity contribution in [2.75, 3.05) is 0 Å². The minimum atomic E-state index is 0.800. The van der Waals surface area contributed by atoms with E-state index in [2.05, 4.69) is 35.4 Å². The van der Waals surface area contributed by atoms with Crippen LogP contribution in [-0.4, -0.2) is 4.98 Å². The van der Waals surface area contributed by atoms with Gasteiger partial charge >= 0.3 is 0 Å². The van der Waals surface area contributed by atoms with E-state index < -0.39 is 0 Å². The SMILES string of the molecule is C[n+]1ccc2c(c1)oc1cccc3c4cncc5oc6ccccc6c(c54)c2c13. The fourth-order valence-corrected chi connectivity index (χ4v) is 4.73. The van der Waals surface area contributed by atoms with E-state index in [0.717, 1.165) is 54.6 Å². The first-order chi connectivity index (χ1) is 14.3. The Morgan fingerprint density at radius 3 is 2.28 bits per heavy atom. The van der Waals surface area contributed by atoms with Crippen molar-refractivity contribution in [3.63, 3.8) is 0 Å². The average Bonchev–Trinajstić information content (AvgIpc) is 2.75. The van der Waals surface area contributed by atoms with Crippen LogP contribution in [0.4, 0.5) is 0 Å². The van der Waals surface area contributed by atoms with Gasteiger partial charge in [-0.1, -0.05) is 30.3 Å². The van der Waals surface area contributed by atoms with E-state index >= 15 is 0 Å². The second-order valence-corrected chi connectivity index (χ2v) is 7.58. The lowest BCUT2D eigenvalue weighted by molar-refractivity contribution is -0.670. The molecule has 0 N–H and O–H groups in total. The van der Waals surface area contributed by atoms with Crippen molar-refractivity contribution in [1.29, 1.82) is 0 Å². The fourth-order valence-electron chi connectivity index (χ4n) is 4.73. The van der Waals surface area contributed by atoms with Gasteiger partial charge in [-0.3, -0.25) is 4.98 Å². The summed E-state index contributed by atoms with van der Waals surface area (Å²) in [7, 11) is 2.01. The summed E-state index contributed by atoms with van der Waals surface area (Å²) in [5.74, 6) is 0. The van der Waals surface area contributed by atoms with Crippen LogP contribution >= 0.6 is 0 Å². The molecular formula is C25H15N2O2+. The molecule has 4 nitrogen and oxygen atoms in total. The number of benzene rings is 3. The Hall–Kier alpha value is -3.92. The van der Waals surface area contributed by atoms with E-state index in [1.165, 1.54) is 10.8 Å². The molecule has 0 saturated heterocycles. The molecule has 0 aliphatic rings. The molecule has 4 heteroatoms. The largest absolute Gasteiger partial charge is 0.454 e. The van der Waals surface area contributed by atoms with Gasteiger partial charge in [0, 0.05) is 50.0 Å². The third-order valence-corrected chi connectivity index (χ3v) is 5.91. The summed E-state index contributed by atoms with van der Waals surface area (Å²) in [5.41, 5.74) is 3.40. The molecule has 0 fully saturated rings. The first-order valence-corrected chi connectivity index (χ1v) is 9.61. The van der Waals surface area contributed by atoms with Crippen LogP contribution in [0.25, 0.3) is 65.4 Å². The monoisotopic (exact) mass is 375 g/mol. The van der Waals surface area contributed by atoms with Crippen LogP contribution in [0.15, 0.2) is 82.2 Å². The number of hydrogen-bond acceptors (Lipinski definition) is 3. The number of fused-ring (bicyclic) bond motifs is 6. The highest BCUT2D eigenvalue weighted by Crippen LogP contribution is 2.45. The van der Waals surface area contributed by atoms with E-state index in [0.29, 0.717) is 0 Å². The topological polar surface area (TPSA) is 43.0 Å². The van der Waals surface area contributed by atoms with Crippen LogP contribution < -0.4 is 4.57 Å². The van der Waals surface area contributed by atoms with Gasteiger partial charge in [-0.15, -0.1) is 0 Å². The average molecular weight is 375 g/mol. The molecule has 0 radical (unpaired) electrons. The van der Waals surface area contributed by atoms with E-state index in [1.54, 1.807) is 0 Å². The Kier molecular flexibility index (Phi) is 2.66. The van der Waals surface area contributed by atoms with E-state index in [-0.39, 0.29) is 0 Å². The molecule has 0 bridgehead atoms. The van der Waals surface area contributed by atoms with Crippen LogP contribution in [0.2, 0.25) is 0 Å². The van der Waals surface area contributed by atoms with Crippen LogP contribution in [0.5, 0.6) is 0 Å². The Balaban J connectivity index is 1.99. The molecule has 4 aromatic heterocycles. The third-order valence-electron chi connectivity index (χ3n) is 5.91. The zero-order valence-electron chi connectivity index (χ0n) is 15.6. The summed E-state index contributed by atoms with van der Waals surface area (Å²) < 4.78 is 14.6. The van der Waals surface area contributed by atoms with Gasteiger partial charge in [-0.25, -0.2) is 4.57 Å². The van der Waals surface area contributed by atoms with E-state index in [9.17, 15) is 0 Å². The van der Waals surface area contributed by atoms with E-state index in [4.69, 9.17) is 8.83 Å². The number of rotatable bonds is 0. The number of para-hydroxylation sites is 1. The lowest BCUT2D eigenvalue weighted by Crippen LogP contribution is -2.25. The first-order valence-electron chi connectivity index (χ1n) is 9.61. The molecule has 3 aromatic carbocycles. The summed E-state index contributed by atoms with van der Waals surface area (Å²) in [6.07, 6.45) is 7.85. The predicted molar refractivity (Wildman–Crippen MR) is 115 cm³/mol. The normalized spacial score (nSPS) is 12.3. The number of hydrogen-bond donors (Lipinski definition) is 0. The van der Waals surface area contributed by atoms with Crippen molar-refractivity contribution in [1.82, 2.24) is 4.98 Å². The molecule has 0 atom stereocenters. The molecule has 0 unspecified atom stereocenters. The second-order valence-electron chi connectivity index (χ2n) is 7.58. The second kappa shape index (κ2) is 5.11. The molecule has 7 rings (SSSR count). The smallest absolute Gasteiger partial charge is 0.212 e. The minimum absolute atomic E-state index is 0.800. The third kappa shape index (κ3) is 1.83. The van der Waals surface area contributed by atoms with Crippen molar-refractivity contribution in [2.24, 2.45) is 7.05 Å². The zero-order chi connectivity index (χ0) is 19.1. The molecule has 4 heterocycles. The maximum atomic E-state index is 6.34. The van der Waals surface area contributed by atoms with Crippen LogP contribution in [0.3, 0.4) is 0 Å². The number of aromatic nitrogens is 2. The van der Waals surface area contributed by atoms with Crippen molar-refractivity contribution in [3.05, 3.63) is 73.3 Å². The molecule has 0 amide bonds. The lowest BCUT2D eigenvalue weighted by Gasteiger charge is -2.16. The molecule has 136 valence electrons. The Bertz CT molecular complexity index is 1770. The first kappa shape index (κ1) is 15.1. The van der Waals surface area contributed by atoms with Gasteiger partial charge in [0.1, 0.15) is 18.2 Å². The molecule has 0 aliphatic carbocycles. The van der Waals surface area contributed by atoms with E-state index in [1.807, 2.05) is 54.5 Å². The quantitative estimate of drug-likeness (QED) is 0.185. The molecule has 0 aliphatic heterocycles. The van der Waals surface area contributed by atoms with Crippen LogP contribution in [0.1, 0.15) is 0 Å². The summed E-state index contributed by atoms with van der Waals surface area (Å²) >= 11 is 0. The highest BCUT2D eigenvalue weighted by Gasteiger charge is 2.21. The molecular weight excluding hydrogens is 360 g/mol. The summed E-state index contributed by atoms with van der Waals surface area (Å²) in [6, 6.07) is 16.6. The van der Waals surface area contributed by atoms with Crippen molar-refractivity contribution in [2.45, 2.75) is 0 Å². The molecule has 0 saturated carbocycles. The molecule has 0 spiro atoms. The molecule has 7 aromatic rings. The highest BCUT2D eigenvalue weighted by atomic mass is 16.3. The van der Waals surface area contributed by atoms with Gasteiger partial charge in [0.05, 0.1) is 6.20 Å². The van der Waals surface area contributed by atoms with Gasteiger partial charge < -0.3 is 8.83 Å². The lowest BCUT2D eigenvalue weighted by atomic mass is 9.91. The highest BCUT2D eigenvalue weighted by molar-refractivity contribution is 6.39. The fraction of sp³-hybridized carbons (Fsp3) is 0.0400. The van der Waals surface area contributed by atoms with Crippen molar-refractivity contribution in [3.8, 4) is 0 Å². The Morgan fingerprint density at radius 1 is 0.621 bits per heavy atom. The Labute approximate surface area is 164 Å². The van der Waals surface area contributed by atoms with Crippen LogP contribution in [-0.2, 0) is 7.05 Å². The summed E-state index contributed by atoms with van der Waals surface area (Å²) in [6.45, 7) is 0. The van der Waals surface area contributed by atoms with Gasteiger partial charge in [0.2, 0.25) is 6.20 Å². The van der Waals surface area contributed by atoms with Crippen molar-refractivity contribution < 1.29 is 13.4 Å². The standard InChI is InChI=1S/C25H15N2O2/c1-27-10-9-16-21(13-27)29-19-8-4-6-14-17-11-26-12-20-23(17)24(25(16)22(14)19)15-5-2-3-7-18(15)28-20/h2-13H,1H3/q+1. The van der Waals surface area contributed by atoms with Crippen LogP contribution in [0, 0.1) is 0 Å². The zero-order valence-corrected chi connectivity index (χ0v) is 15.6. The Morgan fingerprint density at radius 2 is 1.34 bits per heavy atom. The number of aryl methyl sites for hydroxylation is 1. The van der Waals surface area contributed by atoms with Gasteiger partial charge in [-0.2, -0.15) is 0 Å². The van der Waals surface area contributed by atoms with Gasteiger partial charge in [0.25, 0.3) is 0 Å². The minimum Gasteiger partial charge on any atom is -0.454 e. The maximum Gasteiger partial charge on any atom is 0.212 e. The number of pyridine rings is 2. The molecule has 29 heavy (non-hydrogen) atoms. The predicted octanol–water partition coefficient (Wildman–Crippen LogP) is 6.01. The van der Waals surface area contributed by atoms with Gasteiger partial charge in [0.15, 0.2) is 17.4 Å². The van der Waals surface area contributed by atoms with Crippen molar-refractivity contribution >= 4 is 65.4 Å². The number of nitrogens with zero attached hydrogens (tertiary/aromatic N) is 2. The van der Waals surface area contributed by atoms with Gasteiger partial charge in [-0.05, 0) is 17.5 Å².